The molecule has 1 aromatic carbocycles. The van der Waals surface area contributed by atoms with Crippen molar-refractivity contribution < 1.29 is 19.3 Å². The van der Waals surface area contributed by atoms with E-state index in [1.165, 1.54) is 6.07 Å². The molecule has 8 heteroatoms. The van der Waals surface area contributed by atoms with Crippen molar-refractivity contribution in [2.24, 2.45) is 0 Å². The Morgan fingerprint density at radius 2 is 1.32 bits per heavy atom. The summed E-state index contributed by atoms with van der Waals surface area (Å²) >= 11 is 0. The third-order valence-electron chi connectivity index (χ3n) is 1.99. The molecule has 0 spiro atoms. The van der Waals surface area contributed by atoms with Crippen molar-refractivity contribution in [3.8, 4) is 0 Å². The van der Waals surface area contributed by atoms with Crippen LogP contribution >= 0.6 is 0 Å². The molecular formula is C14H18N4O4. The summed E-state index contributed by atoms with van der Waals surface area (Å²) in [7, 11) is 0. The average molecular weight is 306 g/mol. The second kappa shape index (κ2) is 8.20. The van der Waals surface area contributed by atoms with Gasteiger partial charge >= 0.3 is 12.2 Å². The first-order valence-electron chi connectivity index (χ1n) is 6.25. The molecular weight excluding hydrogens is 288 g/mol. The number of benzene rings is 1. The zero-order valence-corrected chi connectivity index (χ0v) is 12.4. The SMILES string of the molecule is C=C(C)NOC(=O)Nc1cccc(NC(=O)ONC(=C)C)c1. The van der Waals surface area contributed by atoms with E-state index < -0.39 is 12.2 Å². The predicted molar refractivity (Wildman–Crippen MR) is 82.5 cm³/mol. The maximum atomic E-state index is 11.5. The Bertz CT molecular complexity index is 539. The van der Waals surface area contributed by atoms with Crippen molar-refractivity contribution in [2.45, 2.75) is 13.8 Å². The molecule has 0 aliphatic heterocycles. The number of amides is 2. The third kappa shape index (κ3) is 6.85. The number of hydrogen-bond acceptors (Lipinski definition) is 6. The minimum absolute atomic E-state index is 0.430. The molecule has 4 N–H and O–H groups in total. The fourth-order valence-corrected chi connectivity index (χ4v) is 1.23. The molecule has 0 unspecified atom stereocenters. The normalized spacial score (nSPS) is 9.18. The second-order valence-electron chi connectivity index (χ2n) is 4.37. The fraction of sp³-hybridized carbons (Fsp3) is 0.143. The standard InChI is InChI=1S/C14H18N4O4/c1-9(2)17-21-13(19)15-11-6-5-7-12(8-11)16-14(20)22-18-10(3)4/h5-8,17-18H,1,3H2,2,4H3,(H,15,19)(H,16,20). The van der Waals surface area contributed by atoms with Gasteiger partial charge in [0.15, 0.2) is 0 Å². The van der Waals surface area contributed by atoms with Gasteiger partial charge in [-0.15, -0.1) is 0 Å². The van der Waals surface area contributed by atoms with Crippen molar-refractivity contribution in [1.82, 2.24) is 11.0 Å². The van der Waals surface area contributed by atoms with Crippen LogP contribution in [0.5, 0.6) is 0 Å². The lowest BCUT2D eigenvalue weighted by atomic mass is 10.3. The van der Waals surface area contributed by atoms with E-state index in [9.17, 15) is 9.59 Å². The number of rotatable bonds is 6. The van der Waals surface area contributed by atoms with E-state index in [0.717, 1.165) is 0 Å². The number of allylic oxidation sites excluding steroid dienone is 2. The molecule has 0 aromatic heterocycles. The number of hydroxylamine groups is 2. The number of hydrogen-bond donors (Lipinski definition) is 4. The maximum Gasteiger partial charge on any atom is 0.435 e. The minimum atomic E-state index is -0.716. The van der Waals surface area contributed by atoms with E-state index >= 15 is 0 Å². The van der Waals surface area contributed by atoms with Crippen molar-refractivity contribution in [3.05, 3.63) is 48.8 Å². The average Bonchev–Trinajstić information content (AvgIpc) is 2.43. The first-order valence-corrected chi connectivity index (χ1v) is 6.25. The first kappa shape index (κ1) is 16.9. The summed E-state index contributed by atoms with van der Waals surface area (Å²) in [5.41, 5.74) is 6.48. The molecule has 0 saturated heterocycles. The zero-order valence-electron chi connectivity index (χ0n) is 12.4. The van der Waals surface area contributed by atoms with E-state index in [1.807, 2.05) is 0 Å². The molecule has 0 aliphatic rings. The molecule has 0 atom stereocenters. The van der Waals surface area contributed by atoms with Crippen LogP contribution in [0.25, 0.3) is 0 Å². The van der Waals surface area contributed by atoms with Crippen LogP contribution in [-0.2, 0) is 9.68 Å². The van der Waals surface area contributed by atoms with Gasteiger partial charge < -0.3 is 9.68 Å². The molecule has 1 aromatic rings. The smallest absolute Gasteiger partial charge is 0.324 e. The summed E-state index contributed by atoms with van der Waals surface area (Å²) in [5.74, 6) is 0. The summed E-state index contributed by atoms with van der Waals surface area (Å²) in [4.78, 5) is 32.2. The van der Waals surface area contributed by atoms with Gasteiger partial charge in [0.1, 0.15) is 0 Å². The van der Waals surface area contributed by atoms with Crippen LogP contribution in [0.1, 0.15) is 13.8 Å². The van der Waals surface area contributed by atoms with Crippen molar-refractivity contribution >= 4 is 23.6 Å². The number of anilines is 2. The highest BCUT2D eigenvalue weighted by molar-refractivity contribution is 5.88. The lowest BCUT2D eigenvalue weighted by molar-refractivity contribution is 0.120. The summed E-state index contributed by atoms with van der Waals surface area (Å²) in [5, 5.41) is 4.95. The number of carbonyl (C=O) groups excluding carboxylic acids is 2. The van der Waals surface area contributed by atoms with Gasteiger partial charge in [0.25, 0.3) is 0 Å². The van der Waals surface area contributed by atoms with E-state index in [1.54, 1.807) is 32.0 Å². The van der Waals surface area contributed by atoms with Gasteiger partial charge in [0, 0.05) is 22.8 Å². The molecule has 1 rings (SSSR count). The van der Waals surface area contributed by atoms with Crippen molar-refractivity contribution in [3.63, 3.8) is 0 Å². The summed E-state index contributed by atoms with van der Waals surface area (Å²) in [6.07, 6.45) is -1.43. The second-order valence-corrected chi connectivity index (χ2v) is 4.37. The highest BCUT2D eigenvalue weighted by atomic mass is 16.7. The van der Waals surface area contributed by atoms with Crippen LogP contribution in [0.2, 0.25) is 0 Å². The van der Waals surface area contributed by atoms with E-state index in [4.69, 9.17) is 0 Å². The van der Waals surface area contributed by atoms with Gasteiger partial charge in [0.05, 0.1) is 0 Å². The predicted octanol–water partition coefficient (Wildman–Crippen LogP) is 2.86. The van der Waals surface area contributed by atoms with Crippen molar-refractivity contribution in [1.29, 1.82) is 0 Å². The maximum absolute atomic E-state index is 11.5. The number of carbonyl (C=O) groups is 2. The lowest BCUT2D eigenvalue weighted by Gasteiger charge is -2.10. The lowest BCUT2D eigenvalue weighted by Crippen LogP contribution is -2.23. The first-order chi connectivity index (χ1) is 10.4. The van der Waals surface area contributed by atoms with Crippen LogP contribution in [0.3, 0.4) is 0 Å². The topological polar surface area (TPSA) is 101 Å². The summed E-state index contributed by atoms with van der Waals surface area (Å²) in [6, 6.07) is 6.43. The Morgan fingerprint density at radius 1 is 0.909 bits per heavy atom. The summed E-state index contributed by atoms with van der Waals surface area (Å²) in [6.45, 7) is 10.3. The van der Waals surface area contributed by atoms with Crippen LogP contribution in [-0.4, -0.2) is 12.2 Å². The molecule has 0 heterocycles. The largest absolute Gasteiger partial charge is 0.435 e. The Labute approximate surface area is 128 Å². The van der Waals surface area contributed by atoms with Crippen LogP contribution < -0.4 is 21.6 Å². The number of nitrogens with one attached hydrogen (secondary N) is 4. The molecule has 8 nitrogen and oxygen atoms in total. The third-order valence-corrected chi connectivity index (χ3v) is 1.99. The Morgan fingerprint density at radius 3 is 1.68 bits per heavy atom. The molecule has 22 heavy (non-hydrogen) atoms. The molecule has 0 radical (unpaired) electrons. The Hall–Kier alpha value is -3.16. The summed E-state index contributed by atoms with van der Waals surface area (Å²) < 4.78 is 0. The Balaban J connectivity index is 2.54. The molecule has 0 bridgehead atoms. The monoisotopic (exact) mass is 306 g/mol. The van der Waals surface area contributed by atoms with Crippen LogP contribution in [0.4, 0.5) is 21.0 Å². The van der Waals surface area contributed by atoms with Gasteiger partial charge in [-0.2, -0.15) is 0 Å². The highest BCUT2D eigenvalue weighted by Gasteiger charge is 2.06. The van der Waals surface area contributed by atoms with Gasteiger partial charge in [-0.05, 0) is 32.0 Å². The van der Waals surface area contributed by atoms with Crippen LogP contribution in [0.15, 0.2) is 48.8 Å². The van der Waals surface area contributed by atoms with Gasteiger partial charge in [0.2, 0.25) is 0 Å². The van der Waals surface area contributed by atoms with Crippen LogP contribution in [0, 0.1) is 0 Å². The van der Waals surface area contributed by atoms with E-state index in [0.29, 0.717) is 22.8 Å². The van der Waals surface area contributed by atoms with Gasteiger partial charge in [-0.25, -0.2) is 20.5 Å². The van der Waals surface area contributed by atoms with Gasteiger partial charge in [-0.1, -0.05) is 19.2 Å². The fourth-order valence-electron chi connectivity index (χ4n) is 1.23. The highest BCUT2D eigenvalue weighted by Crippen LogP contribution is 2.15. The molecule has 118 valence electrons. The zero-order chi connectivity index (χ0) is 16.5. The minimum Gasteiger partial charge on any atom is -0.324 e. The Kier molecular flexibility index (Phi) is 6.30. The van der Waals surface area contributed by atoms with E-state index in [-0.39, 0.29) is 0 Å². The molecule has 0 fully saturated rings. The molecule has 0 aliphatic carbocycles. The van der Waals surface area contributed by atoms with E-state index in [2.05, 4.69) is 44.4 Å². The molecule has 0 saturated carbocycles. The molecule has 2 amide bonds. The van der Waals surface area contributed by atoms with Crippen molar-refractivity contribution in [2.75, 3.05) is 10.6 Å². The quantitative estimate of drug-likeness (QED) is 0.603. The van der Waals surface area contributed by atoms with Gasteiger partial charge in [-0.3, -0.25) is 10.6 Å².